The monoisotopic (exact) mass is 422 g/mol. The third-order valence-electron chi connectivity index (χ3n) is 4.68. The van der Waals surface area contributed by atoms with E-state index in [1.165, 1.54) is 0 Å². The maximum absolute atomic E-state index is 11.6. The summed E-state index contributed by atoms with van der Waals surface area (Å²) in [6.07, 6.45) is 0.553. The topological polar surface area (TPSA) is 119 Å². The highest BCUT2D eigenvalue weighted by atomic mass is 31.1. The SMILES string of the molecule is C[PH](=O)Cc1cccc(Cn2c(O)nc3c(N)nc(NCc4ccccc4)nc32)c1. The lowest BCUT2D eigenvalue weighted by Crippen LogP contribution is -2.08. The number of benzene rings is 2. The minimum Gasteiger partial charge on any atom is -0.480 e. The summed E-state index contributed by atoms with van der Waals surface area (Å²) in [7, 11) is -1.61. The quantitative estimate of drug-likeness (QED) is 0.390. The van der Waals surface area contributed by atoms with E-state index in [9.17, 15) is 9.67 Å². The van der Waals surface area contributed by atoms with Gasteiger partial charge in [0.05, 0.1) is 14.3 Å². The number of nitrogens with zero attached hydrogens (tertiary/aromatic N) is 4. The molecule has 0 amide bonds. The van der Waals surface area contributed by atoms with Gasteiger partial charge in [-0.15, -0.1) is 0 Å². The summed E-state index contributed by atoms with van der Waals surface area (Å²) in [6, 6.07) is 17.5. The first kappa shape index (κ1) is 19.9. The van der Waals surface area contributed by atoms with E-state index in [1.54, 1.807) is 11.2 Å². The summed E-state index contributed by atoms with van der Waals surface area (Å²) in [5.74, 6) is 0.561. The smallest absolute Gasteiger partial charge is 0.296 e. The van der Waals surface area contributed by atoms with Crippen LogP contribution in [0.5, 0.6) is 6.01 Å². The molecule has 0 aliphatic heterocycles. The molecule has 0 radical (unpaired) electrons. The van der Waals surface area contributed by atoms with Crippen molar-refractivity contribution in [3.8, 4) is 6.01 Å². The predicted molar refractivity (Wildman–Crippen MR) is 119 cm³/mol. The molecule has 2 aromatic heterocycles. The fraction of sp³-hybridized carbons (Fsp3) is 0.190. The van der Waals surface area contributed by atoms with Gasteiger partial charge in [-0.05, 0) is 23.4 Å². The maximum atomic E-state index is 11.6. The lowest BCUT2D eigenvalue weighted by atomic mass is 10.1. The number of rotatable bonds is 7. The van der Waals surface area contributed by atoms with Crippen molar-refractivity contribution in [1.82, 2.24) is 19.5 Å². The average Bonchev–Trinajstić information content (AvgIpc) is 3.03. The zero-order chi connectivity index (χ0) is 21.1. The Morgan fingerprint density at radius 1 is 1.03 bits per heavy atom. The van der Waals surface area contributed by atoms with Gasteiger partial charge in [0.25, 0.3) is 6.01 Å². The number of aromatic nitrogens is 4. The van der Waals surface area contributed by atoms with Crippen molar-refractivity contribution in [2.24, 2.45) is 0 Å². The second kappa shape index (κ2) is 8.55. The van der Waals surface area contributed by atoms with E-state index in [2.05, 4.69) is 20.3 Å². The Kier molecular flexibility index (Phi) is 5.68. The van der Waals surface area contributed by atoms with Crippen molar-refractivity contribution in [1.29, 1.82) is 0 Å². The molecule has 0 bridgehead atoms. The van der Waals surface area contributed by atoms with E-state index in [0.717, 1.165) is 16.7 Å². The number of nitrogens with one attached hydrogen (secondary N) is 1. The molecule has 0 spiro atoms. The summed E-state index contributed by atoms with van der Waals surface area (Å²) >= 11 is 0. The molecular weight excluding hydrogens is 399 g/mol. The van der Waals surface area contributed by atoms with Crippen molar-refractivity contribution in [3.05, 3.63) is 71.3 Å². The minimum atomic E-state index is -1.61. The second-order valence-corrected chi connectivity index (χ2v) is 8.90. The molecule has 4 N–H and O–H groups in total. The summed E-state index contributed by atoms with van der Waals surface area (Å²) in [5, 5.41) is 13.6. The van der Waals surface area contributed by atoms with Gasteiger partial charge >= 0.3 is 0 Å². The van der Waals surface area contributed by atoms with E-state index in [0.29, 0.717) is 36.4 Å². The lowest BCUT2D eigenvalue weighted by Gasteiger charge is -2.09. The molecule has 1 unspecified atom stereocenters. The molecule has 30 heavy (non-hydrogen) atoms. The van der Waals surface area contributed by atoms with Crippen LogP contribution in [0.1, 0.15) is 16.7 Å². The number of nitrogen functional groups attached to an aromatic ring is 1. The van der Waals surface area contributed by atoms with Gasteiger partial charge in [-0.1, -0.05) is 54.6 Å². The summed E-state index contributed by atoms with van der Waals surface area (Å²) in [4.78, 5) is 12.9. The first-order chi connectivity index (χ1) is 14.5. The van der Waals surface area contributed by atoms with Gasteiger partial charge in [0, 0.05) is 12.7 Å². The van der Waals surface area contributed by atoms with Crippen LogP contribution in [0.15, 0.2) is 54.6 Å². The van der Waals surface area contributed by atoms with Crippen LogP contribution in [-0.2, 0) is 23.8 Å². The molecule has 0 aliphatic rings. The van der Waals surface area contributed by atoms with Crippen LogP contribution >= 0.6 is 7.80 Å². The summed E-state index contributed by atoms with van der Waals surface area (Å²) in [5.41, 5.74) is 9.91. The van der Waals surface area contributed by atoms with Gasteiger partial charge in [0.2, 0.25) is 5.95 Å². The van der Waals surface area contributed by atoms with Crippen LogP contribution in [-0.4, -0.2) is 31.3 Å². The minimum absolute atomic E-state index is 0.180. The first-order valence-electron chi connectivity index (χ1n) is 9.57. The van der Waals surface area contributed by atoms with E-state index in [1.807, 2.05) is 54.6 Å². The zero-order valence-electron chi connectivity index (χ0n) is 16.5. The molecule has 1 atom stereocenters. The third kappa shape index (κ3) is 4.44. The van der Waals surface area contributed by atoms with E-state index < -0.39 is 7.80 Å². The molecule has 0 aliphatic carbocycles. The number of hydrogen-bond acceptors (Lipinski definition) is 7. The van der Waals surface area contributed by atoms with Gasteiger partial charge in [-0.25, -0.2) is 0 Å². The Balaban J connectivity index is 1.64. The fourth-order valence-electron chi connectivity index (χ4n) is 3.32. The van der Waals surface area contributed by atoms with Crippen molar-refractivity contribution < 1.29 is 9.67 Å². The highest BCUT2D eigenvalue weighted by molar-refractivity contribution is 7.42. The van der Waals surface area contributed by atoms with E-state index >= 15 is 0 Å². The van der Waals surface area contributed by atoms with Crippen LogP contribution in [0.25, 0.3) is 11.2 Å². The Hall–Kier alpha value is -3.38. The molecule has 9 heteroatoms. The number of fused-ring (bicyclic) bond motifs is 1. The van der Waals surface area contributed by atoms with Crippen molar-refractivity contribution in [2.45, 2.75) is 19.3 Å². The molecular formula is C21H23N6O2P. The molecule has 0 saturated heterocycles. The Bertz CT molecular complexity index is 1210. The maximum Gasteiger partial charge on any atom is 0.296 e. The number of anilines is 2. The number of hydrogen-bond donors (Lipinski definition) is 3. The zero-order valence-corrected chi connectivity index (χ0v) is 17.5. The van der Waals surface area contributed by atoms with Gasteiger partial charge in [0.1, 0.15) is 0 Å². The molecule has 2 heterocycles. The second-order valence-electron chi connectivity index (χ2n) is 7.14. The lowest BCUT2D eigenvalue weighted by molar-refractivity contribution is 0.408. The van der Waals surface area contributed by atoms with Crippen molar-refractivity contribution >= 4 is 30.7 Å². The molecule has 0 saturated carbocycles. The molecule has 0 fully saturated rings. The highest BCUT2D eigenvalue weighted by Gasteiger charge is 2.16. The van der Waals surface area contributed by atoms with Crippen LogP contribution < -0.4 is 11.1 Å². The van der Waals surface area contributed by atoms with Crippen molar-refractivity contribution in [2.75, 3.05) is 17.7 Å². The van der Waals surface area contributed by atoms with Gasteiger partial charge < -0.3 is 20.7 Å². The van der Waals surface area contributed by atoms with Crippen LogP contribution in [0.4, 0.5) is 11.8 Å². The number of imidazole rings is 1. The van der Waals surface area contributed by atoms with Crippen LogP contribution in [0.2, 0.25) is 0 Å². The van der Waals surface area contributed by atoms with Crippen LogP contribution in [0.3, 0.4) is 0 Å². The Morgan fingerprint density at radius 3 is 2.53 bits per heavy atom. The third-order valence-corrected chi connectivity index (χ3v) is 5.59. The number of nitrogens with two attached hydrogens (primary N) is 1. The fourth-order valence-corrected chi connectivity index (χ4v) is 4.11. The Labute approximate surface area is 174 Å². The predicted octanol–water partition coefficient (Wildman–Crippen LogP) is 3.46. The van der Waals surface area contributed by atoms with Crippen LogP contribution in [0, 0.1) is 0 Å². The van der Waals surface area contributed by atoms with Gasteiger partial charge in [-0.3, -0.25) is 4.57 Å². The molecule has 8 nitrogen and oxygen atoms in total. The first-order valence-corrected chi connectivity index (χ1v) is 11.7. The number of aromatic hydroxyl groups is 1. The largest absolute Gasteiger partial charge is 0.480 e. The van der Waals surface area contributed by atoms with Gasteiger partial charge in [-0.2, -0.15) is 15.0 Å². The molecule has 2 aromatic carbocycles. The standard InChI is InChI=1S/C21H23N6O2P/c1-30(29)13-16-9-5-8-15(10-16)12-27-19-17(24-21(27)28)18(22)25-20(26-19)23-11-14-6-3-2-4-7-14/h2-10,30H,11-13H2,1H3,(H,24,28)(H3,22,23,25,26). The van der Waals surface area contributed by atoms with Gasteiger partial charge in [0.15, 0.2) is 17.0 Å². The molecule has 4 rings (SSSR count). The van der Waals surface area contributed by atoms with E-state index in [-0.39, 0.29) is 11.8 Å². The summed E-state index contributed by atoms with van der Waals surface area (Å²) < 4.78 is 13.2. The highest BCUT2D eigenvalue weighted by Crippen LogP contribution is 2.26. The average molecular weight is 422 g/mol. The molecule has 154 valence electrons. The summed E-state index contributed by atoms with van der Waals surface area (Å²) in [6.45, 7) is 2.65. The normalized spacial score (nSPS) is 12.2. The van der Waals surface area contributed by atoms with E-state index in [4.69, 9.17) is 5.73 Å². The Morgan fingerprint density at radius 2 is 1.77 bits per heavy atom. The van der Waals surface area contributed by atoms with Crippen molar-refractivity contribution in [3.63, 3.8) is 0 Å². The molecule has 4 aromatic rings.